The van der Waals surface area contributed by atoms with Crippen molar-refractivity contribution in [3.05, 3.63) is 205 Å². The molecule has 11 aromatic rings. The van der Waals surface area contributed by atoms with E-state index in [2.05, 4.69) is 208 Å². The zero-order chi connectivity index (χ0) is 38.7. The Kier molecular flexibility index (Phi) is 8.43. The fourth-order valence-electron chi connectivity index (χ4n) is 8.80. The minimum absolute atomic E-state index is 1.20. The van der Waals surface area contributed by atoms with Crippen LogP contribution in [0.3, 0.4) is 0 Å². The largest absolute Gasteiger partial charge is 0.135 e. The molecule has 0 fully saturated rings. The third-order valence-electron chi connectivity index (χ3n) is 11.5. The second-order valence-electron chi connectivity index (χ2n) is 15.5. The summed E-state index contributed by atoms with van der Waals surface area (Å²) in [5, 5.41) is 5.30. The molecular weight excluding hydrogens is 737 g/mol. The molecule has 0 unspecified atom stereocenters. The first-order chi connectivity index (χ1) is 28.5. The van der Waals surface area contributed by atoms with Gasteiger partial charge in [-0.05, 0) is 140 Å². The molecule has 0 radical (unpaired) electrons. The molecule has 11 rings (SSSR count). The van der Waals surface area contributed by atoms with Gasteiger partial charge in [-0.1, -0.05) is 146 Å². The van der Waals surface area contributed by atoms with Crippen LogP contribution in [0.2, 0.25) is 0 Å². The van der Waals surface area contributed by atoms with Crippen molar-refractivity contribution in [1.29, 1.82) is 0 Å². The molecule has 0 atom stereocenters. The van der Waals surface area contributed by atoms with Crippen LogP contribution in [-0.2, 0) is 0 Å². The maximum absolute atomic E-state index is 2.40. The minimum atomic E-state index is 1.20. The lowest BCUT2D eigenvalue weighted by molar-refractivity contribution is 1.45. The Morgan fingerprint density at radius 3 is 1.14 bits per heavy atom. The van der Waals surface area contributed by atoms with Gasteiger partial charge >= 0.3 is 0 Å². The standard InChI is InChI=1S/C56H38S2/c1-35-25-40(33-45(27-35)47-19-11-21-51-49-17-6-8-23-53(49)57-55(47)51)43-30-42(39-16-10-15-38(29-39)37-13-4-3-5-14-37)31-44(32-43)41-26-36(2)28-46(34-41)48-20-12-22-52-50-18-7-9-24-54(50)58-56(48)52/h3-34H,1-2H3. The molecule has 58 heavy (non-hydrogen) atoms. The van der Waals surface area contributed by atoms with Gasteiger partial charge in [0.05, 0.1) is 0 Å². The quantitative estimate of drug-likeness (QED) is 0.158. The number of thiophene rings is 2. The molecular formula is C56H38S2. The summed E-state index contributed by atoms with van der Waals surface area (Å²) in [7, 11) is 0. The number of benzene rings is 9. The van der Waals surface area contributed by atoms with Gasteiger partial charge in [0.25, 0.3) is 0 Å². The molecule has 0 aliphatic carbocycles. The SMILES string of the molecule is Cc1cc(-c2cc(-c3cccc(-c4ccccc4)c3)cc(-c3cc(C)cc(-c4cccc5c4sc4ccccc45)c3)c2)cc(-c2cccc3c2sc2ccccc23)c1. The van der Waals surface area contributed by atoms with Crippen molar-refractivity contribution in [2.24, 2.45) is 0 Å². The molecule has 0 amide bonds. The normalized spacial score (nSPS) is 11.6. The van der Waals surface area contributed by atoms with Crippen molar-refractivity contribution in [2.45, 2.75) is 13.8 Å². The van der Waals surface area contributed by atoms with Crippen LogP contribution in [0.15, 0.2) is 194 Å². The van der Waals surface area contributed by atoms with Gasteiger partial charge in [0, 0.05) is 40.3 Å². The molecule has 274 valence electrons. The highest BCUT2D eigenvalue weighted by Gasteiger charge is 2.16. The lowest BCUT2D eigenvalue weighted by atomic mass is 9.89. The lowest BCUT2D eigenvalue weighted by Gasteiger charge is -2.15. The highest BCUT2D eigenvalue weighted by atomic mass is 32.1. The molecule has 0 bridgehead atoms. The molecule has 0 saturated carbocycles. The van der Waals surface area contributed by atoms with Crippen LogP contribution in [0.1, 0.15) is 11.1 Å². The summed E-state index contributed by atoms with van der Waals surface area (Å²) >= 11 is 3.79. The van der Waals surface area contributed by atoms with Gasteiger partial charge < -0.3 is 0 Å². The third-order valence-corrected chi connectivity index (χ3v) is 13.9. The number of fused-ring (bicyclic) bond motifs is 6. The van der Waals surface area contributed by atoms with E-state index in [0.717, 1.165) is 0 Å². The van der Waals surface area contributed by atoms with E-state index in [4.69, 9.17) is 0 Å². The van der Waals surface area contributed by atoms with Crippen molar-refractivity contribution in [2.75, 3.05) is 0 Å². The summed E-state index contributed by atoms with van der Waals surface area (Å²) in [6.45, 7) is 4.46. The van der Waals surface area contributed by atoms with E-state index in [1.807, 2.05) is 22.7 Å². The van der Waals surface area contributed by atoms with Gasteiger partial charge in [-0.15, -0.1) is 22.7 Å². The summed E-state index contributed by atoms with van der Waals surface area (Å²) in [5.74, 6) is 0. The zero-order valence-electron chi connectivity index (χ0n) is 32.3. The summed E-state index contributed by atoms with van der Waals surface area (Å²) in [6, 6.07) is 72.2. The van der Waals surface area contributed by atoms with Crippen LogP contribution < -0.4 is 0 Å². The summed E-state index contributed by atoms with van der Waals surface area (Å²) < 4.78 is 5.34. The predicted molar refractivity (Wildman–Crippen MR) is 254 cm³/mol. The molecule has 0 saturated heterocycles. The fraction of sp³-hybridized carbons (Fsp3) is 0.0357. The van der Waals surface area contributed by atoms with Crippen LogP contribution in [0.5, 0.6) is 0 Å². The first-order valence-corrected chi connectivity index (χ1v) is 21.5. The topological polar surface area (TPSA) is 0 Å². The minimum Gasteiger partial charge on any atom is -0.135 e. The Bertz CT molecular complexity index is 3180. The first-order valence-electron chi connectivity index (χ1n) is 19.9. The van der Waals surface area contributed by atoms with Gasteiger partial charge in [-0.3, -0.25) is 0 Å². The maximum Gasteiger partial charge on any atom is 0.0433 e. The third kappa shape index (κ3) is 6.14. The molecule has 2 heteroatoms. The number of hydrogen-bond donors (Lipinski definition) is 0. The Morgan fingerprint density at radius 1 is 0.259 bits per heavy atom. The molecule has 0 nitrogen and oxygen atoms in total. The van der Waals surface area contributed by atoms with Gasteiger partial charge in [0.2, 0.25) is 0 Å². The molecule has 2 aromatic heterocycles. The van der Waals surface area contributed by atoms with Crippen molar-refractivity contribution in [3.63, 3.8) is 0 Å². The van der Waals surface area contributed by atoms with E-state index >= 15 is 0 Å². The van der Waals surface area contributed by atoms with Crippen LogP contribution in [0.25, 0.3) is 107 Å². The number of aryl methyl sites for hydroxylation is 2. The Morgan fingerprint density at radius 2 is 0.603 bits per heavy atom. The molecule has 0 aliphatic heterocycles. The van der Waals surface area contributed by atoms with Crippen molar-refractivity contribution in [1.82, 2.24) is 0 Å². The van der Waals surface area contributed by atoms with Crippen molar-refractivity contribution in [3.8, 4) is 66.8 Å². The van der Waals surface area contributed by atoms with Gasteiger partial charge in [-0.25, -0.2) is 0 Å². The molecule has 0 spiro atoms. The summed E-state index contributed by atoms with van der Waals surface area (Å²) in [5.41, 5.74) is 17.3. The van der Waals surface area contributed by atoms with Crippen LogP contribution in [-0.4, -0.2) is 0 Å². The van der Waals surface area contributed by atoms with Crippen LogP contribution in [0.4, 0.5) is 0 Å². The number of hydrogen-bond acceptors (Lipinski definition) is 2. The smallest absolute Gasteiger partial charge is 0.0433 e. The highest BCUT2D eigenvalue weighted by Crippen LogP contribution is 2.44. The predicted octanol–water partition coefficient (Wildman–Crippen LogP) is 17.0. The number of rotatable bonds is 6. The van der Waals surface area contributed by atoms with Crippen molar-refractivity contribution < 1.29 is 0 Å². The maximum atomic E-state index is 2.40. The van der Waals surface area contributed by atoms with Crippen molar-refractivity contribution >= 4 is 63.0 Å². The average molecular weight is 775 g/mol. The van der Waals surface area contributed by atoms with E-state index in [9.17, 15) is 0 Å². The highest BCUT2D eigenvalue weighted by molar-refractivity contribution is 7.26. The van der Waals surface area contributed by atoms with Gasteiger partial charge in [-0.2, -0.15) is 0 Å². The second-order valence-corrected chi connectivity index (χ2v) is 17.6. The zero-order valence-corrected chi connectivity index (χ0v) is 33.9. The van der Waals surface area contributed by atoms with E-state index < -0.39 is 0 Å². The molecule has 2 heterocycles. The second kappa shape index (κ2) is 14.1. The molecule has 9 aromatic carbocycles. The van der Waals surface area contributed by atoms with Crippen LogP contribution in [0, 0.1) is 13.8 Å². The fourth-order valence-corrected chi connectivity index (χ4v) is 11.3. The summed E-state index contributed by atoms with van der Waals surface area (Å²) in [4.78, 5) is 0. The summed E-state index contributed by atoms with van der Waals surface area (Å²) in [6.07, 6.45) is 0. The van der Waals surface area contributed by atoms with Crippen LogP contribution >= 0.6 is 22.7 Å². The molecule has 0 N–H and O–H groups in total. The average Bonchev–Trinajstić information content (AvgIpc) is 3.85. The van der Waals surface area contributed by atoms with E-state index in [0.29, 0.717) is 0 Å². The van der Waals surface area contributed by atoms with Gasteiger partial charge in [0.15, 0.2) is 0 Å². The van der Waals surface area contributed by atoms with E-state index in [-0.39, 0.29) is 0 Å². The Labute approximate surface area is 347 Å². The Balaban J connectivity index is 1.10. The van der Waals surface area contributed by atoms with E-state index in [1.165, 1.54) is 118 Å². The Hall–Kier alpha value is -6.58. The van der Waals surface area contributed by atoms with E-state index in [1.54, 1.807) is 0 Å². The first kappa shape index (κ1) is 34.7. The monoisotopic (exact) mass is 774 g/mol. The van der Waals surface area contributed by atoms with Gasteiger partial charge in [0.1, 0.15) is 0 Å². The lowest BCUT2D eigenvalue weighted by Crippen LogP contribution is -1.90. The molecule has 0 aliphatic rings.